The number of carbonyl (C=O) groups excluding carboxylic acids is 1. The number of nitrogens with one attached hydrogen (secondary N) is 2. The molecule has 0 aliphatic carbocycles. The molecule has 1 aliphatic rings. The van der Waals surface area contributed by atoms with E-state index in [1.165, 1.54) is 5.56 Å². The van der Waals surface area contributed by atoms with Crippen LogP contribution in [0.5, 0.6) is 0 Å². The van der Waals surface area contributed by atoms with Crippen LogP contribution >= 0.6 is 0 Å². The van der Waals surface area contributed by atoms with Crippen LogP contribution < -0.4 is 10.6 Å². The SMILES string of the molecule is O=C(Nc1ccc(Nc2ccccc2)cc1)OC1CCN(CCc2ccccc2)C1. The zero-order chi connectivity index (χ0) is 20.6. The van der Waals surface area contributed by atoms with Crippen molar-refractivity contribution in [1.82, 2.24) is 4.90 Å². The summed E-state index contributed by atoms with van der Waals surface area (Å²) in [6, 6.07) is 28.1. The molecular weight excluding hydrogens is 374 g/mol. The van der Waals surface area contributed by atoms with Crippen LogP contribution in [0.25, 0.3) is 0 Å². The van der Waals surface area contributed by atoms with Crippen molar-refractivity contribution in [3.63, 3.8) is 0 Å². The van der Waals surface area contributed by atoms with Gasteiger partial charge in [0.25, 0.3) is 0 Å². The van der Waals surface area contributed by atoms with Gasteiger partial charge in [-0.1, -0.05) is 48.5 Å². The standard InChI is InChI=1S/C25H27N3O2/c29-25(27-23-13-11-22(12-14-23)26-21-9-5-2-6-10-21)30-24-16-18-28(19-24)17-15-20-7-3-1-4-8-20/h1-14,24,26H,15-19H2,(H,27,29). The highest BCUT2D eigenvalue weighted by atomic mass is 16.6. The second-order valence-corrected chi connectivity index (χ2v) is 7.55. The number of rotatable bonds is 7. The van der Waals surface area contributed by atoms with Crippen LogP contribution in [0.1, 0.15) is 12.0 Å². The number of para-hydroxylation sites is 1. The summed E-state index contributed by atoms with van der Waals surface area (Å²) in [6.45, 7) is 2.74. The first-order valence-electron chi connectivity index (χ1n) is 10.4. The van der Waals surface area contributed by atoms with Gasteiger partial charge in [0.2, 0.25) is 0 Å². The van der Waals surface area contributed by atoms with Crippen LogP contribution in [0.2, 0.25) is 0 Å². The van der Waals surface area contributed by atoms with Crippen molar-refractivity contribution in [3.05, 3.63) is 90.5 Å². The van der Waals surface area contributed by atoms with E-state index >= 15 is 0 Å². The molecule has 0 radical (unpaired) electrons. The van der Waals surface area contributed by atoms with Gasteiger partial charge in [-0.2, -0.15) is 0 Å². The maximum absolute atomic E-state index is 12.3. The number of nitrogens with zero attached hydrogens (tertiary/aromatic N) is 1. The summed E-state index contributed by atoms with van der Waals surface area (Å²) in [6.07, 6.45) is 1.44. The van der Waals surface area contributed by atoms with Crippen molar-refractivity contribution in [1.29, 1.82) is 0 Å². The van der Waals surface area contributed by atoms with Gasteiger partial charge in [0.15, 0.2) is 0 Å². The number of benzene rings is 3. The molecule has 0 aromatic heterocycles. The number of hydrogen-bond donors (Lipinski definition) is 2. The molecule has 5 nitrogen and oxygen atoms in total. The number of amides is 1. The van der Waals surface area contributed by atoms with Gasteiger partial charge in [0.05, 0.1) is 0 Å². The minimum absolute atomic E-state index is 0.0557. The van der Waals surface area contributed by atoms with Crippen LogP contribution in [0.4, 0.5) is 21.9 Å². The first-order chi connectivity index (χ1) is 14.7. The van der Waals surface area contributed by atoms with E-state index in [1.54, 1.807) is 0 Å². The Hall–Kier alpha value is -3.31. The molecule has 1 unspecified atom stereocenters. The Balaban J connectivity index is 1.20. The van der Waals surface area contributed by atoms with Crippen molar-refractivity contribution in [3.8, 4) is 0 Å². The van der Waals surface area contributed by atoms with Crippen molar-refractivity contribution in [2.75, 3.05) is 30.3 Å². The van der Waals surface area contributed by atoms with Gasteiger partial charge >= 0.3 is 6.09 Å². The Kier molecular flexibility index (Phi) is 6.62. The molecule has 3 aromatic rings. The van der Waals surface area contributed by atoms with Crippen molar-refractivity contribution >= 4 is 23.2 Å². The van der Waals surface area contributed by atoms with E-state index in [9.17, 15) is 4.79 Å². The smallest absolute Gasteiger partial charge is 0.411 e. The Labute approximate surface area is 177 Å². The monoisotopic (exact) mass is 401 g/mol. The predicted octanol–water partition coefficient (Wildman–Crippen LogP) is 5.30. The Morgan fingerprint density at radius 1 is 0.867 bits per heavy atom. The van der Waals surface area contributed by atoms with Gasteiger partial charge in [0.1, 0.15) is 6.10 Å². The molecule has 1 amide bonds. The summed E-state index contributed by atoms with van der Waals surface area (Å²) in [5.41, 5.74) is 4.04. The summed E-state index contributed by atoms with van der Waals surface area (Å²) >= 11 is 0. The van der Waals surface area contributed by atoms with E-state index in [0.717, 1.165) is 49.5 Å². The van der Waals surface area contributed by atoms with E-state index in [2.05, 4.69) is 39.8 Å². The fraction of sp³-hybridized carbons (Fsp3) is 0.240. The maximum Gasteiger partial charge on any atom is 0.411 e. The quantitative estimate of drug-likeness (QED) is 0.564. The molecule has 0 saturated carbocycles. The molecule has 30 heavy (non-hydrogen) atoms. The molecule has 1 fully saturated rings. The lowest BCUT2D eigenvalue weighted by Gasteiger charge is -2.16. The first-order valence-corrected chi connectivity index (χ1v) is 10.4. The Bertz CT molecular complexity index is 930. The fourth-order valence-corrected chi connectivity index (χ4v) is 3.65. The first kappa shape index (κ1) is 20.0. The van der Waals surface area contributed by atoms with Gasteiger partial charge in [-0.3, -0.25) is 10.2 Å². The zero-order valence-corrected chi connectivity index (χ0v) is 17.0. The number of ether oxygens (including phenoxy) is 1. The van der Waals surface area contributed by atoms with E-state index in [0.29, 0.717) is 0 Å². The van der Waals surface area contributed by atoms with Gasteiger partial charge in [-0.05, 0) is 54.8 Å². The van der Waals surface area contributed by atoms with Crippen molar-refractivity contribution in [2.24, 2.45) is 0 Å². The summed E-state index contributed by atoms with van der Waals surface area (Å²) in [5.74, 6) is 0. The van der Waals surface area contributed by atoms with Gasteiger partial charge in [-0.15, -0.1) is 0 Å². The van der Waals surface area contributed by atoms with Crippen LogP contribution in [0.3, 0.4) is 0 Å². The average Bonchev–Trinajstić information content (AvgIpc) is 3.22. The number of anilines is 3. The lowest BCUT2D eigenvalue weighted by Crippen LogP contribution is -2.28. The normalized spacial score (nSPS) is 16.2. The molecule has 1 heterocycles. The number of hydrogen-bond acceptors (Lipinski definition) is 4. The van der Waals surface area contributed by atoms with E-state index in [1.807, 2.05) is 60.7 Å². The molecule has 0 bridgehead atoms. The van der Waals surface area contributed by atoms with Crippen LogP contribution in [0, 0.1) is 0 Å². The largest absolute Gasteiger partial charge is 0.445 e. The molecule has 1 aliphatic heterocycles. The van der Waals surface area contributed by atoms with Crippen LogP contribution in [0.15, 0.2) is 84.9 Å². The average molecular weight is 402 g/mol. The molecule has 3 aromatic carbocycles. The third-order valence-corrected chi connectivity index (χ3v) is 5.26. The highest BCUT2D eigenvalue weighted by Gasteiger charge is 2.25. The molecule has 1 atom stereocenters. The molecule has 4 rings (SSSR count). The maximum atomic E-state index is 12.3. The second-order valence-electron chi connectivity index (χ2n) is 7.55. The Morgan fingerprint density at radius 3 is 2.23 bits per heavy atom. The molecule has 154 valence electrons. The van der Waals surface area contributed by atoms with Crippen molar-refractivity contribution in [2.45, 2.75) is 18.9 Å². The molecule has 0 spiro atoms. The van der Waals surface area contributed by atoms with Crippen LogP contribution in [-0.4, -0.2) is 36.7 Å². The minimum Gasteiger partial charge on any atom is -0.445 e. The van der Waals surface area contributed by atoms with Gasteiger partial charge in [0, 0.05) is 36.7 Å². The number of carbonyl (C=O) groups is 1. The second kappa shape index (κ2) is 9.94. The summed E-state index contributed by atoms with van der Waals surface area (Å²) in [4.78, 5) is 14.6. The highest BCUT2D eigenvalue weighted by Crippen LogP contribution is 2.19. The highest BCUT2D eigenvalue weighted by molar-refractivity contribution is 5.85. The lowest BCUT2D eigenvalue weighted by atomic mass is 10.1. The topological polar surface area (TPSA) is 53.6 Å². The van der Waals surface area contributed by atoms with Gasteiger partial charge in [-0.25, -0.2) is 4.79 Å². The summed E-state index contributed by atoms with van der Waals surface area (Å²) in [7, 11) is 0. The van der Waals surface area contributed by atoms with Gasteiger partial charge < -0.3 is 10.1 Å². The third-order valence-electron chi connectivity index (χ3n) is 5.26. The minimum atomic E-state index is -0.395. The zero-order valence-electron chi connectivity index (χ0n) is 17.0. The summed E-state index contributed by atoms with van der Waals surface area (Å²) in [5, 5.41) is 6.15. The van der Waals surface area contributed by atoms with E-state index < -0.39 is 6.09 Å². The summed E-state index contributed by atoms with van der Waals surface area (Å²) < 4.78 is 5.62. The predicted molar refractivity (Wildman–Crippen MR) is 121 cm³/mol. The van der Waals surface area contributed by atoms with Crippen molar-refractivity contribution < 1.29 is 9.53 Å². The Morgan fingerprint density at radius 2 is 1.50 bits per heavy atom. The molecule has 2 N–H and O–H groups in total. The molecular formula is C25H27N3O2. The van der Waals surface area contributed by atoms with E-state index in [-0.39, 0.29) is 6.10 Å². The third kappa shape index (κ3) is 5.84. The van der Waals surface area contributed by atoms with Crippen LogP contribution in [-0.2, 0) is 11.2 Å². The lowest BCUT2D eigenvalue weighted by molar-refractivity contribution is 0.114. The van der Waals surface area contributed by atoms with E-state index in [4.69, 9.17) is 4.74 Å². The number of likely N-dealkylation sites (tertiary alicyclic amines) is 1. The molecule has 1 saturated heterocycles. The fourth-order valence-electron chi connectivity index (χ4n) is 3.65. The molecule has 5 heteroatoms.